The summed E-state index contributed by atoms with van der Waals surface area (Å²) in [5, 5.41) is 12.3. The molecule has 1 aromatic carbocycles. The number of benzene rings is 1. The molecule has 1 aliphatic heterocycles. The van der Waals surface area contributed by atoms with Gasteiger partial charge in [0.15, 0.2) is 11.2 Å². The van der Waals surface area contributed by atoms with Crippen molar-refractivity contribution in [2.24, 2.45) is 5.92 Å². The molecule has 1 fully saturated rings. The molecule has 3 heterocycles. The fourth-order valence-corrected chi connectivity index (χ4v) is 5.32. The molecule has 0 aliphatic carbocycles. The number of methoxy groups -OCH3 is 1. The number of nitrogens with one attached hydrogen (secondary N) is 1. The van der Waals surface area contributed by atoms with Gasteiger partial charge in [-0.3, -0.25) is 13.9 Å². The number of hydrogen-bond acceptors (Lipinski definition) is 12. The van der Waals surface area contributed by atoms with E-state index in [1.165, 1.54) is 31.4 Å². The Hall–Kier alpha value is -3.45. The van der Waals surface area contributed by atoms with Crippen LogP contribution < -0.4 is 20.1 Å². The van der Waals surface area contributed by atoms with Crippen molar-refractivity contribution in [2.75, 3.05) is 26.0 Å². The summed E-state index contributed by atoms with van der Waals surface area (Å²) in [6, 6.07) is 5.74. The number of fused-ring (bicyclic) bond motifs is 1. The number of nitrogens with two attached hydrogens (primary N) is 1. The Labute approximate surface area is 219 Å². The van der Waals surface area contributed by atoms with E-state index in [1.807, 2.05) is 6.92 Å². The van der Waals surface area contributed by atoms with Crippen molar-refractivity contribution in [3.63, 3.8) is 0 Å². The highest BCUT2D eigenvalue weighted by atomic mass is 31.2. The Morgan fingerprint density at radius 2 is 2.16 bits per heavy atom. The van der Waals surface area contributed by atoms with Crippen molar-refractivity contribution in [2.45, 2.75) is 45.6 Å². The number of rotatable bonds is 11. The van der Waals surface area contributed by atoms with E-state index >= 15 is 0 Å². The van der Waals surface area contributed by atoms with Gasteiger partial charge in [0.05, 0.1) is 32.3 Å². The van der Waals surface area contributed by atoms with E-state index in [0.29, 0.717) is 17.6 Å². The van der Waals surface area contributed by atoms with Crippen molar-refractivity contribution in [1.82, 2.24) is 24.6 Å². The summed E-state index contributed by atoms with van der Waals surface area (Å²) in [6.45, 7) is 4.86. The molecule has 1 aliphatic rings. The highest BCUT2D eigenvalue weighted by Crippen LogP contribution is 2.46. The Morgan fingerprint density at radius 3 is 2.87 bits per heavy atom. The monoisotopic (exact) mass is 550 g/mol. The quantitative estimate of drug-likeness (QED) is 0.234. The maximum atomic E-state index is 13.6. The molecule has 0 amide bonds. The second-order valence-corrected chi connectivity index (χ2v) is 10.8. The average molecular weight is 551 g/mol. The van der Waals surface area contributed by atoms with Gasteiger partial charge in [-0.2, -0.15) is 9.97 Å². The van der Waals surface area contributed by atoms with E-state index in [0.717, 1.165) is 0 Å². The van der Waals surface area contributed by atoms with Crippen molar-refractivity contribution >= 4 is 30.8 Å². The van der Waals surface area contributed by atoms with E-state index in [9.17, 15) is 14.5 Å². The lowest BCUT2D eigenvalue weighted by atomic mass is 10.1. The third-order valence-corrected chi connectivity index (χ3v) is 7.07. The van der Waals surface area contributed by atoms with Crippen LogP contribution >= 0.6 is 7.75 Å². The van der Waals surface area contributed by atoms with Crippen molar-refractivity contribution < 1.29 is 37.7 Å². The molecule has 2 aromatic heterocycles. The van der Waals surface area contributed by atoms with Crippen LogP contribution in [0.4, 0.5) is 5.95 Å². The van der Waals surface area contributed by atoms with Gasteiger partial charge in [-0.1, -0.05) is 13.0 Å². The van der Waals surface area contributed by atoms with Crippen LogP contribution in [0.2, 0.25) is 0 Å². The van der Waals surface area contributed by atoms with Gasteiger partial charge in [0.2, 0.25) is 11.8 Å². The number of carbonyl (C=O) groups is 1. The lowest BCUT2D eigenvalue weighted by Crippen LogP contribution is -2.28. The first kappa shape index (κ1) is 27.6. The summed E-state index contributed by atoms with van der Waals surface area (Å²) in [5.41, 5.74) is 6.73. The standard InChI is InChI=1S/C23H31N6O8P/c1-13(2)35-18(31)10-26-38(32,37-16-7-5-6-15(30)9-16)34-11-17-8-14(3)22(36-17)29-12-25-19-20(29)27-23(24)28-21(19)33-4/h5-7,9,12-14,17,22,30H,8,10-11H2,1-4H3,(H,26,32)(H2,24,27,28)/t14-,17?,22+,38?/m0/s1. The normalized spacial score (nSPS) is 20.9. The van der Waals surface area contributed by atoms with Crippen LogP contribution in [0.3, 0.4) is 0 Å². The Kier molecular flexibility index (Phi) is 8.36. The number of aromatic hydroxyl groups is 1. The van der Waals surface area contributed by atoms with E-state index < -0.39 is 32.6 Å². The minimum Gasteiger partial charge on any atom is -0.508 e. The number of nitrogen functional groups attached to an aromatic ring is 1. The zero-order valence-corrected chi connectivity index (χ0v) is 22.3. The van der Waals surface area contributed by atoms with Crippen LogP contribution in [0.5, 0.6) is 17.4 Å². The fourth-order valence-electron chi connectivity index (χ4n) is 4.03. The molecule has 2 unspecified atom stereocenters. The first-order chi connectivity index (χ1) is 18.1. The van der Waals surface area contributed by atoms with Crippen LogP contribution in [0.1, 0.15) is 33.4 Å². The summed E-state index contributed by atoms with van der Waals surface area (Å²) in [6.07, 6.45) is 0.848. The second kappa shape index (κ2) is 11.5. The first-order valence-electron chi connectivity index (χ1n) is 11.9. The summed E-state index contributed by atoms with van der Waals surface area (Å²) in [7, 11) is -2.61. The molecule has 4 rings (SSSR count). The van der Waals surface area contributed by atoms with Crippen molar-refractivity contribution in [1.29, 1.82) is 0 Å². The van der Waals surface area contributed by atoms with Crippen LogP contribution in [0.25, 0.3) is 11.2 Å². The third-order valence-electron chi connectivity index (χ3n) is 5.59. The van der Waals surface area contributed by atoms with E-state index in [-0.39, 0.29) is 42.0 Å². The van der Waals surface area contributed by atoms with Gasteiger partial charge < -0.3 is 29.6 Å². The molecule has 4 atom stereocenters. The van der Waals surface area contributed by atoms with Crippen LogP contribution in [0, 0.1) is 5.92 Å². The molecule has 38 heavy (non-hydrogen) atoms. The molecular formula is C23H31N6O8P. The summed E-state index contributed by atoms with van der Waals surface area (Å²) in [5.74, 6) is -0.329. The number of esters is 1. The zero-order valence-electron chi connectivity index (χ0n) is 21.4. The van der Waals surface area contributed by atoms with E-state index in [1.54, 1.807) is 24.7 Å². The lowest BCUT2D eigenvalue weighted by Gasteiger charge is -2.22. The van der Waals surface area contributed by atoms with Crippen LogP contribution in [-0.4, -0.2) is 63.1 Å². The van der Waals surface area contributed by atoms with Gasteiger partial charge in [0.1, 0.15) is 24.3 Å². The van der Waals surface area contributed by atoms with Crippen LogP contribution in [0.15, 0.2) is 30.6 Å². The van der Waals surface area contributed by atoms with E-state index in [4.69, 9.17) is 29.0 Å². The number of nitrogens with zero attached hydrogens (tertiary/aromatic N) is 4. The molecule has 206 valence electrons. The maximum Gasteiger partial charge on any atom is 0.459 e. The molecule has 15 heteroatoms. The number of hydrogen-bond donors (Lipinski definition) is 3. The largest absolute Gasteiger partial charge is 0.508 e. The minimum atomic E-state index is -4.08. The van der Waals surface area contributed by atoms with Gasteiger partial charge in [0.25, 0.3) is 0 Å². The van der Waals surface area contributed by atoms with Gasteiger partial charge in [-0.05, 0) is 32.4 Å². The molecule has 3 aromatic rings. The number of phenols is 1. The van der Waals surface area contributed by atoms with Gasteiger partial charge >= 0.3 is 13.7 Å². The number of aromatic nitrogens is 4. The Bertz CT molecular complexity index is 1330. The Balaban J connectivity index is 1.47. The second-order valence-electron chi connectivity index (χ2n) is 9.03. The summed E-state index contributed by atoms with van der Waals surface area (Å²) >= 11 is 0. The topological polar surface area (TPSA) is 182 Å². The fraction of sp³-hybridized carbons (Fsp3) is 0.478. The minimum absolute atomic E-state index is 0.00328. The van der Waals surface area contributed by atoms with Crippen molar-refractivity contribution in [3.05, 3.63) is 30.6 Å². The van der Waals surface area contributed by atoms with Gasteiger partial charge in [0, 0.05) is 12.0 Å². The molecular weight excluding hydrogens is 519 g/mol. The molecule has 0 bridgehead atoms. The number of anilines is 1. The number of carbonyl (C=O) groups excluding carboxylic acids is 1. The number of phenolic OH excluding ortho intramolecular Hbond substituents is 1. The maximum absolute atomic E-state index is 13.6. The molecule has 0 spiro atoms. The predicted molar refractivity (Wildman–Crippen MR) is 136 cm³/mol. The molecule has 0 radical (unpaired) electrons. The average Bonchev–Trinajstić information content (AvgIpc) is 3.43. The first-order valence-corrected chi connectivity index (χ1v) is 13.5. The Morgan fingerprint density at radius 1 is 1.37 bits per heavy atom. The highest BCUT2D eigenvalue weighted by Gasteiger charge is 2.37. The summed E-state index contributed by atoms with van der Waals surface area (Å²) in [4.78, 5) is 24.7. The number of imidazole rings is 1. The molecule has 14 nitrogen and oxygen atoms in total. The highest BCUT2D eigenvalue weighted by molar-refractivity contribution is 7.52. The zero-order chi connectivity index (χ0) is 27.4. The SMILES string of the molecule is COc1nc(N)nc2c1ncn2[C@@H]1OC(COP(=O)(NCC(=O)OC(C)C)Oc2cccc(O)c2)C[C@@H]1C. The molecule has 1 saturated heterocycles. The smallest absolute Gasteiger partial charge is 0.459 e. The number of ether oxygens (including phenoxy) is 3. The van der Waals surface area contributed by atoms with Crippen molar-refractivity contribution in [3.8, 4) is 17.4 Å². The lowest BCUT2D eigenvalue weighted by molar-refractivity contribution is -0.145. The molecule has 0 saturated carbocycles. The predicted octanol–water partition coefficient (Wildman–Crippen LogP) is 2.79. The summed E-state index contributed by atoms with van der Waals surface area (Å²) < 4.78 is 43.1. The van der Waals surface area contributed by atoms with Crippen LogP contribution in [-0.2, 0) is 23.4 Å². The third kappa shape index (κ3) is 6.51. The van der Waals surface area contributed by atoms with E-state index in [2.05, 4.69) is 20.0 Å². The van der Waals surface area contributed by atoms with Gasteiger partial charge in [-0.25, -0.2) is 14.6 Å². The molecule has 4 N–H and O–H groups in total. The van der Waals surface area contributed by atoms with Gasteiger partial charge in [-0.15, -0.1) is 0 Å².